The standard InChI is InChI=1S/C15H12N2/c16-15-13(10-11-6-2-1-3-7-11)12-8-4-5-9-14(12)17-15/h1-10H,(H2,16,17). The van der Waals surface area contributed by atoms with Crippen molar-refractivity contribution in [3.8, 4) is 0 Å². The number of nitrogens with one attached hydrogen (secondary N) is 2. The van der Waals surface area contributed by atoms with Crippen molar-refractivity contribution in [3.63, 3.8) is 0 Å². The van der Waals surface area contributed by atoms with Gasteiger partial charge >= 0.3 is 0 Å². The molecule has 0 aromatic heterocycles. The van der Waals surface area contributed by atoms with Gasteiger partial charge in [0, 0.05) is 16.8 Å². The zero-order valence-corrected chi connectivity index (χ0v) is 9.27. The van der Waals surface area contributed by atoms with Gasteiger partial charge in [0.15, 0.2) is 0 Å². The molecule has 17 heavy (non-hydrogen) atoms. The molecule has 2 nitrogen and oxygen atoms in total. The van der Waals surface area contributed by atoms with Gasteiger partial charge in [-0.2, -0.15) is 0 Å². The van der Waals surface area contributed by atoms with Gasteiger partial charge in [0.25, 0.3) is 0 Å². The van der Waals surface area contributed by atoms with E-state index in [-0.39, 0.29) is 0 Å². The Bertz CT molecular complexity index is 597. The third kappa shape index (κ3) is 1.74. The number of anilines is 1. The monoisotopic (exact) mass is 220 g/mol. The van der Waals surface area contributed by atoms with Gasteiger partial charge in [-0.1, -0.05) is 48.5 Å². The molecule has 0 radical (unpaired) electrons. The largest absolute Gasteiger partial charge is 0.340 e. The Morgan fingerprint density at radius 1 is 0.882 bits per heavy atom. The van der Waals surface area contributed by atoms with E-state index >= 15 is 0 Å². The van der Waals surface area contributed by atoms with Crippen LogP contribution < -0.4 is 5.32 Å². The van der Waals surface area contributed by atoms with Crippen molar-refractivity contribution in [1.82, 2.24) is 0 Å². The quantitative estimate of drug-likeness (QED) is 0.756. The molecule has 0 amide bonds. The number of hydrogen-bond acceptors (Lipinski definition) is 1. The van der Waals surface area contributed by atoms with E-state index < -0.39 is 0 Å². The fourth-order valence-electron chi connectivity index (χ4n) is 2.03. The predicted octanol–water partition coefficient (Wildman–Crippen LogP) is 3.63. The van der Waals surface area contributed by atoms with Crippen molar-refractivity contribution in [2.45, 2.75) is 0 Å². The lowest BCUT2D eigenvalue weighted by Crippen LogP contribution is -2.02. The van der Waals surface area contributed by atoms with Crippen molar-refractivity contribution < 1.29 is 0 Å². The maximum absolute atomic E-state index is 7.96. The molecule has 0 unspecified atom stereocenters. The first-order chi connectivity index (χ1) is 8.34. The third-order valence-electron chi connectivity index (χ3n) is 2.86. The molecule has 1 aliphatic heterocycles. The molecule has 0 saturated carbocycles. The van der Waals surface area contributed by atoms with Crippen molar-refractivity contribution in [2.24, 2.45) is 0 Å². The Morgan fingerprint density at radius 3 is 2.41 bits per heavy atom. The zero-order valence-electron chi connectivity index (χ0n) is 9.27. The summed E-state index contributed by atoms with van der Waals surface area (Å²) < 4.78 is 0. The first-order valence-corrected chi connectivity index (χ1v) is 5.57. The Balaban J connectivity index is 2.10. The normalized spacial score (nSPS) is 15.8. The van der Waals surface area contributed by atoms with E-state index in [0.717, 1.165) is 22.4 Å². The van der Waals surface area contributed by atoms with Crippen molar-refractivity contribution in [1.29, 1.82) is 5.41 Å². The average Bonchev–Trinajstić information content (AvgIpc) is 2.68. The van der Waals surface area contributed by atoms with E-state index in [1.807, 2.05) is 60.7 Å². The minimum Gasteiger partial charge on any atom is -0.340 e. The molecule has 1 heterocycles. The molecule has 2 heteroatoms. The van der Waals surface area contributed by atoms with Crippen LogP contribution in [-0.2, 0) is 0 Å². The summed E-state index contributed by atoms with van der Waals surface area (Å²) in [5.41, 5.74) is 4.18. The lowest BCUT2D eigenvalue weighted by molar-refractivity contribution is 1.52. The molecule has 0 aliphatic carbocycles. The maximum Gasteiger partial charge on any atom is 0.130 e. The van der Waals surface area contributed by atoms with Gasteiger partial charge in [-0.15, -0.1) is 0 Å². The van der Waals surface area contributed by atoms with Crippen LogP contribution in [0.1, 0.15) is 11.1 Å². The van der Waals surface area contributed by atoms with Crippen LogP contribution in [0.15, 0.2) is 54.6 Å². The highest BCUT2D eigenvalue weighted by atomic mass is 15.0. The molecule has 0 saturated heterocycles. The fraction of sp³-hybridized carbons (Fsp3) is 0. The van der Waals surface area contributed by atoms with Gasteiger partial charge < -0.3 is 5.32 Å². The van der Waals surface area contributed by atoms with Crippen LogP contribution >= 0.6 is 0 Å². The molecule has 0 spiro atoms. The van der Waals surface area contributed by atoms with E-state index in [0.29, 0.717) is 5.84 Å². The molecule has 0 bridgehead atoms. The Labute approximate surface area is 100 Å². The summed E-state index contributed by atoms with van der Waals surface area (Å²) in [5.74, 6) is 0.468. The Hall–Kier alpha value is -2.35. The second-order valence-corrected chi connectivity index (χ2v) is 4.01. The molecular formula is C15H12N2. The number of amidine groups is 1. The molecular weight excluding hydrogens is 208 g/mol. The minimum atomic E-state index is 0.468. The van der Waals surface area contributed by atoms with Crippen molar-refractivity contribution >= 4 is 23.2 Å². The zero-order chi connectivity index (χ0) is 11.7. The molecule has 2 aromatic rings. The first-order valence-electron chi connectivity index (χ1n) is 5.57. The molecule has 1 aliphatic rings. The van der Waals surface area contributed by atoms with Crippen LogP contribution in [0.3, 0.4) is 0 Å². The molecule has 82 valence electrons. The van der Waals surface area contributed by atoms with Gasteiger partial charge in [-0.25, -0.2) is 0 Å². The summed E-state index contributed by atoms with van der Waals surface area (Å²) >= 11 is 0. The Morgan fingerprint density at radius 2 is 1.59 bits per heavy atom. The van der Waals surface area contributed by atoms with E-state index in [1.165, 1.54) is 0 Å². The van der Waals surface area contributed by atoms with Crippen LogP contribution in [0.2, 0.25) is 0 Å². The van der Waals surface area contributed by atoms with Gasteiger partial charge in [0.2, 0.25) is 0 Å². The Kier molecular flexibility index (Phi) is 2.26. The molecule has 0 fully saturated rings. The number of hydrogen-bond donors (Lipinski definition) is 2. The third-order valence-corrected chi connectivity index (χ3v) is 2.86. The highest BCUT2D eigenvalue weighted by molar-refractivity contribution is 6.36. The highest BCUT2D eigenvalue weighted by Crippen LogP contribution is 2.32. The van der Waals surface area contributed by atoms with Crippen LogP contribution in [0.25, 0.3) is 11.6 Å². The van der Waals surface area contributed by atoms with Gasteiger partial charge in [-0.05, 0) is 17.7 Å². The van der Waals surface area contributed by atoms with Gasteiger partial charge in [0.05, 0.1) is 0 Å². The lowest BCUT2D eigenvalue weighted by atomic mass is 10.0. The first kappa shape index (κ1) is 9.85. The predicted molar refractivity (Wildman–Crippen MR) is 72.1 cm³/mol. The maximum atomic E-state index is 7.96. The minimum absolute atomic E-state index is 0.468. The summed E-state index contributed by atoms with van der Waals surface area (Å²) in [6.07, 6.45) is 2.04. The fourth-order valence-corrected chi connectivity index (χ4v) is 2.03. The second kappa shape index (κ2) is 3.91. The number of benzene rings is 2. The van der Waals surface area contributed by atoms with Crippen LogP contribution in [0.4, 0.5) is 5.69 Å². The van der Waals surface area contributed by atoms with E-state index in [9.17, 15) is 0 Å². The van der Waals surface area contributed by atoms with E-state index in [4.69, 9.17) is 5.41 Å². The second-order valence-electron chi connectivity index (χ2n) is 4.01. The molecule has 2 N–H and O–H groups in total. The average molecular weight is 220 g/mol. The smallest absolute Gasteiger partial charge is 0.130 e. The number of para-hydroxylation sites is 1. The van der Waals surface area contributed by atoms with Crippen LogP contribution in [0.5, 0.6) is 0 Å². The summed E-state index contributed by atoms with van der Waals surface area (Å²) in [7, 11) is 0. The van der Waals surface area contributed by atoms with Gasteiger partial charge in [-0.3, -0.25) is 5.41 Å². The van der Waals surface area contributed by atoms with Crippen molar-refractivity contribution in [2.75, 3.05) is 5.32 Å². The van der Waals surface area contributed by atoms with Crippen LogP contribution in [-0.4, -0.2) is 5.84 Å². The SMILES string of the molecule is N=C1Nc2ccccc2C1=Cc1ccccc1. The highest BCUT2D eigenvalue weighted by Gasteiger charge is 2.19. The number of rotatable bonds is 1. The van der Waals surface area contributed by atoms with Crippen molar-refractivity contribution in [3.05, 3.63) is 65.7 Å². The lowest BCUT2D eigenvalue weighted by Gasteiger charge is -1.99. The molecule has 3 rings (SSSR count). The summed E-state index contributed by atoms with van der Waals surface area (Å²) in [6.45, 7) is 0. The topological polar surface area (TPSA) is 35.9 Å². The van der Waals surface area contributed by atoms with Crippen LogP contribution in [0, 0.1) is 5.41 Å². The summed E-state index contributed by atoms with van der Waals surface area (Å²) in [5, 5.41) is 11.0. The molecule has 0 atom stereocenters. The summed E-state index contributed by atoms with van der Waals surface area (Å²) in [4.78, 5) is 0. The summed E-state index contributed by atoms with van der Waals surface area (Å²) in [6, 6.07) is 18.1. The van der Waals surface area contributed by atoms with E-state index in [2.05, 4.69) is 5.32 Å². The molecule has 2 aromatic carbocycles. The van der Waals surface area contributed by atoms with Gasteiger partial charge in [0.1, 0.15) is 5.84 Å². The number of fused-ring (bicyclic) bond motifs is 1. The van der Waals surface area contributed by atoms with E-state index in [1.54, 1.807) is 0 Å².